The highest BCUT2D eigenvalue weighted by Crippen LogP contribution is 2.29. The van der Waals surface area contributed by atoms with Crippen molar-refractivity contribution in [1.82, 2.24) is 10.3 Å². The van der Waals surface area contributed by atoms with E-state index in [1.165, 1.54) is 0 Å². The van der Waals surface area contributed by atoms with Crippen LogP contribution >= 0.6 is 0 Å². The molecule has 4 heteroatoms. The minimum absolute atomic E-state index is 0.214. The molecule has 1 atom stereocenters. The van der Waals surface area contributed by atoms with Crippen molar-refractivity contribution < 1.29 is 9.47 Å². The van der Waals surface area contributed by atoms with Gasteiger partial charge in [0.15, 0.2) is 11.5 Å². The summed E-state index contributed by atoms with van der Waals surface area (Å²) in [4.78, 5) is 4.34. The standard InChI is InChI=1S/C14H24N2O2/c1-10(14(2,3)4)16-9-11-13(18-6)12(17-5)7-8-15-11/h7-8,10,16H,9H2,1-6H3. The Kier molecular flexibility index (Phi) is 4.96. The van der Waals surface area contributed by atoms with E-state index < -0.39 is 0 Å². The molecule has 0 spiro atoms. The Hall–Kier alpha value is -1.29. The molecule has 0 saturated carbocycles. The molecule has 0 aliphatic rings. The predicted molar refractivity (Wildman–Crippen MR) is 73.1 cm³/mol. The molecule has 1 aromatic rings. The number of nitrogens with one attached hydrogen (secondary N) is 1. The third-order valence-electron chi connectivity index (χ3n) is 3.24. The number of pyridine rings is 1. The van der Waals surface area contributed by atoms with E-state index in [9.17, 15) is 0 Å². The van der Waals surface area contributed by atoms with Gasteiger partial charge in [-0.25, -0.2) is 0 Å². The fourth-order valence-electron chi connectivity index (χ4n) is 1.53. The number of ether oxygens (including phenoxy) is 2. The molecule has 0 saturated heterocycles. The summed E-state index contributed by atoms with van der Waals surface area (Å²) in [5.74, 6) is 1.42. The Balaban J connectivity index is 2.79. The van der Waals surface area contributed by atoms with Crippen LogP contribution in [-0.4, -0.2) is 25.2 Å². The number of hydrogen-bond donors (Lipinski definition) is 1. The number of nitrogens with zero attached hydrogens (tertiary/aromatic N) is 1. The van der Waals surface area contributed by atoms with E-state index in [0.717, 1.165) is 5.69 Å². The molecule has 0 bridgehead atoms. The first-order valence-corrected chi connectivity index (χ1v) is 6.19. The van der Waals surface area contributed by atoms with Gasteiger partial charge in [-0.15, -0.1) is 0 Å². The number of aromatic nitrogens is 1. The normalized spacial score (nSPS) is 13.2. The lowest BCUT2D eigenvalue weighted by Crippen LogP contribution is -2.37. The topological polar surface area (TPSA) is 43.4 Å². The summed E-state index contributed by atoms with van der Waals surface area (Å²) in [6.45, 7) is 9.47. The molecule has 1 N–H and O–H groups in total. The number of rotatable bonds is 5. The van der Waals surface area contributed by atoms with Gasteiger partial charge in [-0.2, -0.15) is 0 Å². The van der Waals surface area contributed by atoms with Gasteiger partial charge in [-0.05, 0) is 12.3 Å². The Morgan fingerprint density at radius 2 is 1.94 bits per heavy atom. The van der Waals surface area contributed by atoms with Crippen LogP contribution in [0.1, 0.15) is 33.4 Å². The van der Waals surface area contributed by atoms with Gasteiger partial charge in [-0.1, -0.05) is 20.8 Å². The molecule has 0 aliphatic carbocycles. The molecular weight excluding hydrogens is 228 g/mol. The summed E-state index contributed by atoms with van der Waals surface area (Å²) < 4.78 is 10.6. The van der Waals surface area contributed by atoms with E-state index in [2.05, 4.69) is 38.0 Å². The molecular formula is C14H24N2O2. The summed E-state index contributed by atoms with van der Waals surface area (Å²) in [6.07, 6.45) is 1.74. The van der Waals surface area contributed by atoms with Gasteiger partial charge < -0.3 is 14.8 Å². The monoisotopic (exact) mass is 252 g/mol. The average Bonchev–Trinajstić information content (AvgIpc) is 2.33. The van der Waals surface area contributed by atoms with Gasteiger partial charge in [-0.3, -0.25) is 4.98 Å². The summed E-state index contributed by atoms with van der Waals surface area (Å²) in [6, 6.07) is 2.19. The zero-order valence-electron chi connectivity index (χ0n) is 12.2. The van der Waals surface area contributed by atoms with Crippen molar-refractivity contribution in [2.24, 2.45) is 5.41 Å². The maximum absolute atomic E-state index is 5.36. The van der Waals surface area contributed by atoms with E-state index >= 15 is 0 Å². The average molecular weight is 252 g/mol. The van der Waals surface area contributed by atoms with Crippen LogP contribution in [0.2, 0.25) is 0 Å². The van der Waals surface area contributed by atoms with Crippen molar-refractivity contribution in [1.29, 1.82) is 0 Å². The van der Waals surface area contributed by atoms with Crippen molar-refractivity contribution in [2.45, 2.75) is 40.3 Å². The quantitative estimate of drug-likeness (QED) is 0.875. The first-order valence-electron chi connectivity index (χ1n) is 6.19. The lowest BCUT2D eigenvalue weighted by atomic mass is 9.88. The first kappa shape index (κ1) is 14.8. The molecule has 1 rings (SSSR count). The predicted octanol–water partition coefficient (Wildman–Crippen LogP) is 2.62. The number of methoxy groups -OCH3 is 2. The van der Waals surface area contributed by atoms with Gasteiger partial charge in [0.05, 0.1) is 19.9 Å². The van der Waals surface area contributed by atoms with Crippen molar-refractivity contribution in [3.8, 4) is 11.5 Å². The van der Waals surface area contributed by atoms with E-state index in [4.69, 9.17) is 9.47 Å². The molecule has 0 radical (unpaired) electrons. The molecule has 18 heavy (non-hydrogen) atoms. The fraction of sp³-hybridized carbons (Fsp3) is 0.643. The van der Waals surface area contributed by atoms with Gasteiger partial charge in [0.1, 0.15) is 0 Å². The fourth-order valence-corrected chi connectivity index (χ4v) is 1.53. The SMILES string of the molecule is COc1ccnc(CNC(C)C(C)(C)C)c1OC. The third kappa shape index (κ3) is 3.60. The molecule has 1 aromatic heterocycles. The minimum atomic E-state index is 0.214. The van der Waals surface area contributed by atoms with Crippen molar-refractivity contribution in [3.63, 3.8) is 0 Å². The van der Waals surface area contributed by atoms with Gasteiger partial charge in [0, 0.05) is 24.8 Å². The first-order chi connectivity index (χ1) is 8.40. The molecule has 0 aliphatic heterocycles. The van der Waals surface area contributed by atoms with Crippen LogP contribution in [0.4, 0.5) is 0 Å². The third-order valence-corrected chi connectivity index (χ3v) is 3.24. The molecule has 4 nitrogen and oxygen atoms in total. The van der Waals surface area contributed by atoms with E-state index in [0.29, 0.717) is 24.1 Å². The second-order valence-corrected chi connectivity index (χ2v) is 5.46. The van der Waals surface area contributed by atoms with Gasteiger partial charge in [0.2, 0.25) is 0 Å². The summed E-state index contributed by atoms with van der Waals surface area (Å²) in [5.41, 5.74) is 1.08. The van der Waals surface area contributed by atoms with Crippen molar-refractivity contribution >= 4 is 0 Å². The lowest BCUT2D eigenvalue weighted by molar-refractivity contribution is 0.281. The highest BCUT2D eigenvalue weighted by Gasteiger charge is 2.20. The summed E-state index contributed by atoms with van der Waals surface area (Å²) >= 11 is 0. The van der Waals surface area contributed by atoms with E-state index in [-0.39, 0.29) is 5.41 Å². The highest BCUT2D eigenvalue weighted by atomic mass is 16.5. The highest BCUT2D eigenvalue weighted by molar-refractivity contribution is 5.42. The molecule has 0 fully saturated rings. The zero-order valence-corrected chi connectivity index (χ0v) is 12.2. The van der Waals surface area contributed by atoms with Crippen LogP contribution in [0.3, 0.4) is 0 Å². The maximum atomic E-state index is 5.36. The van der Waals surface area contributed by atoms with Crippen LogP contribution in [0, 0.1) is 5.41 Å². The second-order valence-electron chi connectivity index (χ2n) is 5.46. The van der Waals surface area contributed by atoms with Crippen LogP contribution in [0.25, 0.3) is 0 Å². The van der Waals surface area contributed by atoms with Gasteiger partial charge in [0.25, 0.3) is 0 Å². The van der Waals surface area contributed by atoms with E-state index in [1.807, 2.05) is 0 Å². The largest absolute Gasteiger partial charge is 0.493 e. The second kappa shape index (κ2) is 6.05. The summed E-state index contributed by atoms with van der Waals surface area (Å²) in [7, 11) is 3.27. The smallest absolute Gasteiger partial charge is 0.183 e. The van der Waals surface area contributed by atoms with Crippen molar-refractivity contribution in [2.75, 3.05) is 14.2 Å². The minimum Gasteiger partial charge on any atom is -0.493 e. The Morgan fingerprint density at radius 3 is 2.44 bits per heavy atom. The summed E-state index contributed by atoms with van der Waals surface area (Å²) in [5, 5.41) is 3.47. The Labute approximate surface area is 110 Å². The zero-order chi connectivity index (χ0) is 13.8. The maximum Gasteiger partial charge on any atom is 0.183 e. The van der Waals surface area contributed by atoms with Crippen LogP contribution in [0.5, 0.6) is 11.5 Å². The molecule has 0 amide bonds. The lowest BCUT2D eigenvalue weighted by Gasteiger charge is -2.28. The van der Waals surface area contributed by atoms with Crippen molar-refractivity contribution in [3.05, 3.63) is 18.0 Å². The van der Waals surface area contributed by atoms with Crippen LogP contribution < -0.4 is 14.8 Å². The molecule has 102 valence electrons. The van der Waals surface area contributed by atoms with Gasteiger partial charge >= 0.3 is 0 Å². The molecule has 1 heterocycles. The number of hydrogen-bond acceptors (Lipinski definition) is 4. The Bertz CT molecular complexity index is 386. The van der Waals surface area contributed by atoms with E-state index in [1.54, 1.807) is 26.5 Å². The molecule has 1 unspecified atom stereocenters. The Morgan fingerprint density at radius 1 is 1.28 bits per heavy atom. The van der Waals surface area contributed by atoms with Crippen LogP contribution in [-0.2, 0) is 6.54 Å². The van der Waals surface area contributed by atoms with Crippen LogP contribution in [0.15, 0.2) is 12.3 Å². The molecule has 0 aromatic carbocycles.